The van der Waals surface area contributed by atoms with E-state index in [0.717, 1.165) is 41.1 Å². The first-order chi connectivity index (χ1) is 17.7. The first-order valence-corrected chi connectivity index (χ1v) is 12.5. The summed E-state index contributed by atoms with van der Waals surface area (Å²) in [6.07, 6.45) is 1.53. The predicted molar refractivity (Wildman–Crippen MR) is 141 cm³/mol. The van der Waals surface area contributed by atoms with Gasteiger partial charge in [-0.3, -0.25) is 4.68 Å². The molecule has 0 N–H and O–H groups in total. The summed E-state index contributed by atoms with van der Waals surface area (Å²) in [5, 5.41) is 4.83. The molecule has 0 radical (unpaired) electrons. The van der Waals surface area contributed by atoms with E-state index in [4.69, 9.17) is 14.6 Å². The molecule has 184 valence electrons. The van der Waals surface area contributed by atoms with Crippen molar-refractivity contribution in [3.63, 3.8) is 0 Å². The van der Waals surface area contributed by atoms with Crippen molar-refractivity contribution in [2.75, 3.05) is 26.8 Å². The summed E-state index contributed by atoms with van der Waals surface area (Å²) in [7, 11) is 1.71. The Morgan fingerprint density at radius 3 is 2.22 bits per heavy atom. The molecule has 3 aromatic carbocycles. The molecule has 1 aromatic heterocycles. The van der Waals surface area contributed by atoms with Crippen LogP contribution in [0.15, 0.2) is 91.0 Å². The Labute approximate surface area is 212 Å². The number of amides is 1. The minimum atomic E-state index is -0.259. The van der Waals surface area contributed by atoms with Crippen LogP contribution in [0.3, 0.4) is 0 Å². The van der Waals surface area contributed by atoms with Gasteiger partial charge >= 0.3 is 6.09 Å². The second-order valence-corrected chi connectivity index (χ2v) is 8.99. The molecule has 0 unspecified atom stereocenters. The fourth-order valence-corrected chi connectivity index (χ4v) is 4.87. The van der Waals surface area contributed by atoms with E-state index in [2.05, 4.69) is 36.4 Å². The van der Waals surface area contributed by atoms with Gasteiger partial charge in [0.2, 0.25) is 0 Å². The van der Waals surface area contributed by atoms with E-state index in [1.54, 1.807) is 7.11 Å². The van der Waals surface area contributed by atoms with Crippen molar-refractivity contribution in [3.05, 3.63) is 96.6 Å². The van der Waals surface area contributed by atoms with Gasteiger partial charge in [0.15, 0.2) is 0 Å². The fourth-order valence-electron chi connectivity index (χ4n) is 4.87. The highest BCUT2D eigenvalue weighted by atomic mass is 16.6. The zero-order valence-corrected chi connectivity index (χ0v) is 20.5. The quantitative estimate of drug-likeness (QED) is 0.313. The van der Waals surface area contributed by atoms with Gasteiger partial charge in [0.1, 0.15) is 12.4 Å². The summed E-state index contributed by atoms with van der Waals surface area (Å²) in [5.74, 6) is 1.31. The smallest absolute Gasteiger partial charge is 0.409 e. The summed E-state index contributed by atoms with van der Waals surface area (Å²) in [4.78, 5) is 14.6. The van der Waals surface area contributed by atoms with Crippen LogP contribution in [0.1, 0.15) is 24.3 Å². The molecule has 0 aliphatic carbocycles. The van der Waals surface area contributed by atoms with E-state index < -0.39 is 0 Å². The van der Waals surface area contributed by atoms with E-state index in [1.807, 2.05) is 64.2 Å². The van der Waals surface area contributed by atoms with Crippen LogP contribution in [0.5, 0.6) is 5.75 Å². The Balaban J connectivity index is 1.20. The van der Waals surface area contributed by atoms with Crippen molar-refractivity contribution >= 4 is 6.09 Å². The maximum absolute atomic E-state index is 12.8. The van der Waals surface area contributed by atoms with E-state index in [-0.39, 0.29) is 12.7 Å². The molecule has 1 amide bonds. The third kappa shape index (κ3) is 5.28. The van der Waals surface area contributed by atoms with Gasteiger partial charge in [-0.15, -0.1) is 0 Å². The third-order valence-corrected chi connectivity index (χ3v) is 6.78. The number of methoxy groups -OCH3 is 1. The number of hydrogen-bond acceptors (Lipinski definition) is 4. The number of benzene rings is 3. The lowest BCUT2D eigenvalue weighted by molar-refractivity contribution is 0.0890. The van der Waals surface area contributed by atoms with Crippen LogP contribution in [-0.4, -0.2) is 47.6 Å². The second-order valence-electron chi connectivity index (χ2n) is 8.99. The first-order valence-electron chi connectivity index (χ1n) is 12.5. The van der Waals surface area contributed by atoms with Gasteiger partial charge < -0.3 is 14.4 Å². The normalized spacial score (nSPS) is 14.0. The van der Waals surface area contributed by atoms with Gasteiger partial charge in [-0.05, 0) is 42.0 Å². The first kappa shape index (κ1) is 23.7. The molecule has 1 aliphatic heterocycles. The van der Waals surface area contributed by atoms with Crippen LogP contribution in [-0.2, 0) is 11.3 Å². The van der Waals surface area contributed by atoms with Crippen LogP contribution >= 0.6 is 0 Å². The number of hydrogen-bond donors (Lipinski definition) is 0. The highest BCUT2D eigenvalue weighted by Gasteiger charge is 2.26. The van der Waals surface area contributed by atoms with Crippen molar-refractivity contribution in [3.8, 4) is 28.3 Å². The molecule has 1 saturated heterocycles. The van der Waals surface area contributed by atoms with E-state index in [9.17, 15) is 4.79 Å². The molecule has 0 bridgehead atoms. The molecule has 1 fully saturated rings. The Morgan fingerprint density at radius 2 is 1.53 bits per heavy atom. The average Bonchev–Trinajstić information content (AvgIpc) is 3.38. The fraction of sp³-hybridized carbons (Fsp3) is 0.267. The Bertz CT molecular complexity index is 1280. The van der Waals surface area contributed by atoms with Gasteiger partial charge in [0.25, 0.3) is 0 Å². The van der Waals surface area contributed by atoms with Crippen LogP contribution in [0, 0.1) is 0 Å². The van der Waals surface area contributed by atoms with Gasteiger partial charge in [-0.25, -0.2) is 4.79 Å². The van der Waals surface area contributed by atoms with Gasteiger partial charge in [-0.1, -0.05) is 78.9 Å². The zero-order chi connectivity index (χ0) is 24.7. The summed E-state index contributed by atoms with van der Waals surface area (Å²) in [5.41, 5.74) is 5.26. The Hall–Kier alpha value is -4.06. The number of likely N-dealkylation sites (tertiary alicyclic amines) is 1. The summed E-state index contributed by atoms with van der Waals surface area (Å²) < 4.78 is 13.1. The molecular weight excluding hydrogens is 450 g/mol. The SMILES string of the molecule is COc1ccccc1C1CCN(C(=O)OCCn2nc(-c3ccccc3)cc2-c2ccccc2)CC1. The monoisotopic (exact) mass is 481 g/mol. The maximum Gasteiger partial charge on any atom is 0.409 e. The zero-order valence-electron chi connectivity index (χ0n) is 20.5. The maximum atomic E-state index is 12.8. The lowest BCUT2D eigenvalue weighted by Crippen LogP contribution is -2.38. The molecule has 6 nitrogen and oxygen atoms in total. The molecule has 1 aliphatic rings. The van der Waals surface area contributed by atoms with Gasteiger partial charge in [0, 0.05) is 18.7 Å². The van der Waals surface area contributed by atoms with E-state index in [0.29, 0.717) is 25.6 Å². The van der Waals surface area contributed by atoms with Crippen molar-refractivity contribution in [1.82, 2.24) is 14.7 Å². The van der Waals surface area contributed by atoms with Crippen LogP contribution in [0.25, 0.3) is 22.5 Å². The number of aromatic nitrogens is 2. The Morgan fingerprint density at radius 1 is 0.889 bits per heavy atom. The van der Waals surface area contributed by atoms with Crippen molar-refractivity contribution in [2.24, 2.45) is 0 Å². The lowest BCUT2D eigenvalue weighted by atomic mass is 9.89. The standard InChI is InChI=1S/C30H31N3O3/c1-35-29-15-9-8-14-26(29)23-16-18-32(19-17-23)30(34)36-21-20-33-28(25-12-6-3-7-13-25)22-27(31-33)24-10-4-2-5-11-24/h2-15,22-23H,16-21H2,1H3. The predicted octanol–water partition coefficient (Wildman–Crippen LogP) is 6.24. The van der Waals surface area contributed by atoms with Crippen molar-refractivity contribution < 1.29 is 14.3 Å². The minimum Gasteiger partial charge on any atom is -0.496 e. The molecule has 5 rings (SSSR count). The number of nitrogens with zero attached hydrogens (tertiary/aromatic N) is 3. The topological polar surface area (TPSA) is 56.6 Å². The number of piperidine rings is 1. The molecule has 2 heterocycles. The van der Waals surface area contributed by atoms with Crippen LogP contribution < -0.4 is 4.74 Å². The van der Waals surface area contributed by atoms with Crippen LogP contribution in [0.4, 0.5) is 4.79 Å². The van der Waals surface area contributed by atoms with Gasteiger partial charge in [-0.2, -0.15) is 5.10 Å². The largest absolute Gasteiger partial charge is 0.496 e. The molecule has 0 saturated carbocycles. The highest BCUT2D eigenvalue weighted by Crippen LogP contribution is 2.34. The number of carbonyl (C=O) groups is 1. The number of ether oxygens (including phenoxy) is 2. The molecule has 0 spiro atoms. The molecular formula is C30H31N3O3. The number of rotatable bonds is 7. The molecule has 36 heavy (non-hydrogen) atoms. The summed E-state index contributed by atoms with van der Waals surface area (Å²) in [6, 6.07) is 30.5. The van der Waals surface area contributed by atoms with Gasteiger partial charge in [0.05, 0.1) is 25.0 Å². The summed E-state index contributed by atoms with van der Waals surface area (Å²) in [6.45, 7) is 2.11. The van der Waals surface area contributed by atoms with Crippen molar-refractivity contribution in [1.29, 1.82) is 0 Å². The van der Waals surface area contributed by atoms with E-state index >= 15 is 0 Å². The summed E-state index contributed by atoms with van der Waals surface area (Å²) >= 11 is 0. The third-order valence-electron chi connectivity index (χ3n) is 6.78. The lowest BCUT2D eigenvalue weighted by Gasteiger charge is -2.32. The van der Waals surface area contributed by atoms with E-state index in [1.165, 1.54) is 5.56 Å². The Kier molecular flexibility index (Phi) is 7.31. The molecule has 6 heteroatoms. The molecule has 0 atom stereocenters. The van der Waals surface area contributed by atoms with Crippen molar-refractivity contribution in [2.45, 2.75) is 25.3 Å². The number of carbonyl (C=O) groups excluding carboxylic acids is 1. The van der Waals surface area contributed by atoms with Crippen LogP contribution in [0.2, 0.25) is 0 Å². The average molecular weight is 482 g/mol. The molecule has 4 aromatic rings. The minimum absolute atomic E-state index is 0.259. The second kappa shape index (κ2) is 11.1. The number of para-hydroxylation sites is 1. The highest BCUT2D eigenvalue weighted by molar-refractivity contribution is 5.69.